The van der Waals surface area contributed by atoms with Crippen molar-refractivity contribution in [2.75, 3.05) is 0 Å². The van der Waals surface area contributed by atoms with Crippen LogP contribution in [0.5, 0.6) is 0 Å². The molecule has 0 aliphatic carbocycles. The fourth-order valence-corrected chi connectivity index (χ4v) is 2.00. The van der Waals surface area contributed by atoms with E-state index in [9.17, 15) is 0 Å². The molecule has 0 spiro atoms. The van der Waals surface area contributed by atoms with Crippen LogP contribution in [0.1, 0.15) is 52.7 Å². The first-order chi connectivity index (χ1) is 7.16. The first kappa shape index (κ1) is 13.3. The lowest BCUT2D eigenvalue weighted by atomic mass is 9.85. The van der Waals surface area contributed by atoms with E-state index in [1.165, 1.54) is 11.1 Å². The Balaban J connectivity index is 2.69. The second kappa shape index (κ2) is 4.61. The molecule has 0 aliphatic rings. The van der Waals surface area contributed by atoms with Crippen molar-refractivity contribution in [2.45, 2.75) is 54.4 Å². The van der Waals surface area contributed by atoms with E-state index in [1.807, 2.05) is 0 Å². The molecule has 0 aromatic heterocycles. The summed E-state index contributed by atoms with van der Waals surface area (Å²) in [4.78, 5) is 0. The Labute approximate surface area is 101 Å². The highest BCUT2D eigenvalue weighted by Gasteiger charge is 2.13. The molecule has 0 amide bonds. The molecular weight excluding hydrogens is 192 g/mol. The summed E-state index contributed by atoms with van der Waals surface area (Å²) in [5.41, 5.74) is 3.66. The van der Waals surface area contributed by atoms with Crippen LogP contribution in [0, 0.1) is 10.8 Å². The highest BCUT2D eigenvalue weighted by molar-refractivity contribution is 5.24. The summed E-state index contributed by atoms with van der Waals surface area (Å²) in [6, 6.07) is 9.14. The fourth-order valence-electron chi connectivity index (χ4n) is 2.00. The molecule has 90 valence electrons. The van der Waals surface area contributed by atoms with Crippen LogP contribution in [-0.4, -0.2) is 0 Å². The van der Waals surface area contributed by atoms with Gasteiger partial charge in [-0.05, 0) is 34.8 Å². The minimum absolute atomic E-state index is 0.380. The van der Waals surface area contributed by atoms with Crippen molar-refractivity contribution in [3.8, 4) is 0 Å². The molecule has 1 aromatic carbocycles. The Morgan fingerprint density at radius 1 is 0.625 bits per heavy atom. The molecule has 0 bridgehead atoms. The Bertz CT molecular complexity index is 282. The van der Waals surface area contributed by atoms with E-state index < -0.39 is 0 Å². The van der Waals surface area contributed by atoms with Crippen LogP contribution in [-0.2, 0) is 12.8 Å². The van der Waals surface area contributed by atoms with Gasteiger partial charge in [0.1, 0.15) is 0 Å². The maximum atomic E-state index is 2.29. The van der Waals surface area contributed by atoms with Crippen molar-refractivity contribution < 1.29 is 0 Å². The van der Waals surface area contributed by atoms with E-state index in [2.05, 4.69) is 65.8 Å². The summed E-state index contributed by atoms with van der Waals surface area (Å²) < 4.78 is 0. The average molecular weight is 218 g/mol. The molecule has 0 nitrogen and oxygen atoms in total. The van der Waals surface area contributed by atoms with Gasteiger partial charge in [0, 0.05) is 0 Å². The van der Waals surface area contributed by atoms with Crippen molar-refractivity contribution in [1.29, 1.82) is 0 Å². The van der Waals surface area contributed by atoms with E-state index in [1.54, 1.807) is 0 Å². The molecule has 0 saturated heterocycles. The van der Waals surface area contributed by atoms with Crippen LogP contribution in [0.3, 0.4) is 0 Å². The van der Waals surface area contributed by atoms with Crippen LogP contribution >= 0.6 is 0 Å². The monoisotopic (exact) mass is 218 g/mol. The fraction of sp³-hybridized carbons (Fsp3) is 0.625. The van der Waals surface area contributed by atoms with Gasteiger partial charge >= 0.3 is 0 Å². The topological polar surface area (TPSA) is 0 Å². The number of benzene rings is 1. The van der Waals surface area contributed by atoms with Gasteiger partial charge in [-0.1, -0.05) is 65.8 Å². The summed E-state index contributed by atoms with van der Waals surface area (Å²) >= 11 is 0. The SMILES string of the molecule is CC(C)(C)Cc1ccc(CC(C)(C)C)cc1. The zero-order chi connectivity index (χ0) is 12.4. The molecule has 0 heterocycles. The molecule has 1 rings (SSSR count). The van der Waals surface area contributed by atoms with Gasteiger partial charge in [-0.15, -0.1) is 0 Å². The molecule has 0 radical (unpaired) electrons. The van der Waals surface area contributed by atoms with Crippen molar-refractivity contribution in [2.24, 2.45) is 10.8 Å². The number of rotatable bonds is 2. The number of hydrogen-bond acceptors (Lipinski definition) is 0. The van der Waals surface area contributed by atoms with Gasteiger partial charge in [0.25, 0.3) is 0 Å². The smallest absolute Gasteiger partial charge is 0.0230 e. The Hall–Kier alpha value is -0.780. The highest BCUT2D eigenvalue weighted by Crippen LogP contribution is 2.23. The molecule has 16 heavy (non-hydrogen) atoms. The van der Waals surface area contributed by atoms with Gasteiger partial charge < -0.3 is 0 Å². The van der Waals surface area contributed by atoms with Crippen LogP contribution in [0.15, 0.2) is 24.3 Å². The Morgan fingerprint density at radius 3 is 1.06 bits per heavy atom. The van der Waals surface area contributed by atoms with Gasteiger partial charge in [0.05, 0.1) is 0 Å². The summed E-state index contributed by atoms with van der Waals surface area (Å²) in [6.45, 7) is 13.7. The van der Waals surface area contributed by atoms with Gasteiger partial charge in [-0.3, -0.25) is 0 Å². The predicted molar refractivity (Wildman–Crippen MR) is 72.8 cm³/mol. The summed E-state index contributed by atoms with van der Waals surface area (Å²) in [6.07, 6.45) is 2.31. The normalized spacial score (nSPS) is 12.9. The zero-order valence-electron chi connectivity index (χ0n) is 11.7. The van der Waals surface area contributed by atoms with E-state index >= 15 is 0 Å². The maximum absolute atomic E-state index is 2.29. The summed E-state index contributed by atoms with van der Waals surface area (Å²) in [5, 5.41) is 0. The standard InChI is InChI=1S/C16H26/c1-15(2,3)11-13-7-9-14(10-8-13)12-16(4,5)6/h7-10H,11-12H2,1-6H3. The molecule has 0 saturated carbocycles. The molecule has 0 aliphatic heterocycles. The van der Waals surface area contributed by atoms with Crippen LogP contribution in [0.4, 0.5) is 0 Å². The van der Waals surface area contributed by atoms with Crippen molar-refractivity contribution in [3.63, 3.8) is 0 Å². The molecular formula is C16H26. The van der Waals surface area contributed by atoms with E-state index in [4.69, 9.17) is 0 Å². The zero-order valence-corrected chi connectivity index (χ0v) is 11.7. The van der Waals surface area contributed by atoms with Crippen molar-refractivity contribution >= 4 is 0 Å². The third-order valence-electron chi connectivity index (χ3n) is 2.49. The maximum Gasteiger partial charge on any atom is -0.0230 e. The lowest BCUT2D eigenvalue weighted by Gasteiger charge is -2.20. The van der Waals surface area contributed by atoms with Gasteiger partial charge in [0.2, 0.25) is 0 Å². The third-order valence-corrected chi connectivity index (χ3v) is 2.49. The second-order valence-corrected chi connectivity index (χ2v) is 7.29. The summed E-state index contributed by atoms with van der Waals surface area (Å²) in [7, 11) is 0. The van der Waals surface area contributed by atoms with Crippen molar-refractivity contribution in [1.82, 2.24) is 0 Å². The Kier molecular flexibility index (Phi) is 3.83. The van der Waals surface area contributed by atoms with Gasteiger partial charge in [-0.2, -0.15) is 0 Å². The van der Waals surface area contributed by atoms with Crippen LogP contribution < -0.4 is 0 Å². The Morgan fingerprint density at radius 2 is 0.875 bits per heavy atom. The van der Waals surface area contributed by atoms with Gasteiger partial charge in [0.15, 0.2) is 0 Å². The molecule has 0 fully saturated rings. The molecule has 1 aromatic rings. The van der Waals surface area contributed by atoms with Gasteiger partial charge in [-0.25, -0.2) is 0 Å². The van der Waals surface area contributed by atoms with E-state index in [0.717, 1.165) is 12.8 Å². The third kappa shape index (κ3) is 5.34. The van der Waals surface area contributed by atoms with Crippen LogP contribution in [0.2, 0.25) is 0 Å². The highest BCUT2D eigenvalue weighted by atomic mass is 14.2. The molecule has 0 atom stereocenters. The molecule has 0 unspecified atom stereocenters. The lowest BCUT2D eigenvalue weighted by Crippen LogP contribution is -2.10. The largest absolute Gasteiger partial charge is 0.0599 e. The second-order valence-electron chi connectivity index (χ2n) is 7.29. The minimum Gasteiger partial charge on any atom is -0.0599 e. The predicted octanol–water partition coefficient (Wildman–Crippen LogP) is 4.86. The molecule has 0 heteroatoms. The minimum atomic E-state index is 0.380. The first-order valence-corrected chi connectivity index (χ1v) is 6.24. The first-order valence-electron chi connectivity index (χ1n) is 6.24. The van der Waals surface area contributed by atoms with E-state index in [-0.39, 0.29) is 0 Å². The van der Waals surface area contributed by atoms with Crippen molar-refractivity contribution in [3.05, 3.63) is 35.4 Å². The lowest BCUT2D eigenvalue weighted by molar-refractivity contribution is 0.407. The average Bonchev–Trinajstić information content (AvgIpc) is 2.03. The summed E-state index contributed by atoms with van der Waals surface area (Å²) in [5.74, 6) is 0. The van der Waals surface area contributed by atoms with Crippen LogP contribution in [0.25, 0.3) is 0 Å². The quantitative estimate of drug-likeness (QED) is 0.664. The number of hydrogen-bond donors (Lipinski definition) is 0. The van der Waals surface area contributed by atoms with E-state index in [0.29, 0.717) is 10.8 Å². The molecule has 0 N–H and O–H groups in total.